The first-order chi connectivity index (χ1) is 65.1. The van der Waals surface area contributed by atoms with Crippen molar-refractivity contribution in [1.29, 1.82) is 0 Å². The second-order valence-corrected chi connectivity index (χ2v) is 37.1. The van der Waals surface area contributed by atoms with Crippen LogP contribution in [-0.2, 0) is 129 Å². The Bertz CT molecular complexity index is 6080. The maximum atomic E-state index is 16.3. The average molecular weight is 1880 g/mol. The molecule has 6 fully saturated rings. The molecule has 29 nitrogen and oxygen atoms in total. The van der Waals surface area contributed by atoms with Gasteiger partial charge in [-0.2, -0.15) is 0 Å². The van der Waals surface area contributed by atoms with Gasteiger partial charge in [0.1, 0.15) is 42.5 Å². The summed E-state index contributed by atoms with van der Waals surface area (Å²) in [6.07, 6.45) is -5.69. The third-order valence-electron chi connectivity index (χ3n) is 26.8. The second kappa shape index (κ2) is 42.8. The van der Waals surface area contributed by atoms with E-state index in [0.29, 0.717) is 113 Å². The Balaban J connectivity index is 0.000000234. The molecule has 0 bridgehead atoms. The topological polar surface area (TPSA) is 347 Å². The lowest BCUT2D eigenvalue weighted by atomic mass is 9.90. The number of H-pyrrole nitrogens is 2. The van der Waals surface area contributed by atoms with E-state index in [1.54, 1.807) is 47.6 Å². The highest BCUT2D eigenvalue weighted by atomic mass is 19.1. The predicted octanol–water partition coefficient (Wildman–Crippen LogP) is 15.6. The molecule has 6 aromatic carbocycles. The molecule has 724 valence electrons. The van der Waals surface area contributed by atoms with Gasteiger partial charge >= 0.3 is 47.9 Å². The van der Waals surface area contributed by atoms with Crippen LogP contribution in [0.1, 0.15) is 187 Å². The smallest absolute Gasteiger partial charge is 0.408 e. The summed E-state index contributed by atoms with van der Waals surface area (Å²) >= 11 is 0. The Morgan fingerprint density at radius 1 is 0.426 bits per heavy atom. The number of hydrogen-bond donors (Lipinski definition) is 5. The molecule has 136 heavy (non-hydrogen) atoms. The number of fused-ring (bicyclic) bond motifs is 4. The largest absolute Gasteiger partial charge is 0.461 e. The predicted molar refractivity (Wildman–Crippen MR) is 495 cm³/mol. The van der Waals surface area contributed by atoms with Gasteiger partial charge in [0, 0.05) is 111 Å². The van der Waals surface area contributed by atoms with Gasteiger partial charge in [-0.25, -0.2) is 22.4 Å². The molecule has 3 amide bonds. The Morgan fingerprint density at radius 2 is 0.809 bits per heavy atom. The zero-order valence-corrected chi connectivity index (χ0v) is 78.5. The van der Waals surface area contributed by atoms with Crippen LogP contribution in [0.15, 0.2) is 133 Å². The molecule has 0 saturated carbocycles. The van der Waals surface area contributed by atoms with Gasteiger partial charge in [0.2, 0.25) is 11.8 Å². The molecule has 6 aliphatic heterocycles. The van der Waals surface area contributed by atoms with Crippen molar-refractivity contribution in [2.75, 3.05) is 26.2 Å². The number of carbonyl (C=O) groups is 10. The lowest BCUT2D eigenvalue weighted by Crippen LogP contribution is -2.58. The second-order valence-electron chi connectivity index (χ2n) is 37.1. The maximum absolute atomic E-state index is 16.3. The van der Waals surface area contributed by atoms with E-state index in [4.69, 9.17) is 47.4 Å². The normalized spacial score (nSPS) is 23.2. The molecule has 10 aromatic rings. The van der Waals surface area contributed by atoms with Crippen molar-refractivity contribution in [3.05, 3.63) is 190 Å². The highest BCUT2D eigenvalue weighted by molar-refractivity contribution is 5.99. The number of likely N-dealkylation sites (tertiary alicyclic amines) is 2. The number of aromatic nitrogens is 4. The van der Waals surface area contributed by atoms with Gasteiger partial charge in [-0.05, 0) is 222 Å². The summed E-state index contributed by atoms with van der Waals surface area (Å²) in [6.45, 7) is 20.4. The molecule has 6 aliphatic rings. The van der Waals surface area contributed by atoms with Gasteiger partial charge in [0.25, 0.3) is 0 Å². The molecule has 10 heterocycles. The monoisotopic (exact) mass is 1880 g/mol. The summed E-state index contributed by atoms with van der Waals surface area (Å²) in [7, 11) is 0. The molecule has 16 rings (SSSR count). The summed E-state index contributed by atoms with van der Waals surface area (Å²) in [5.41, 5.74) is 8.45. The number of halogens is 4. The molecule has 0 spiro atoms. The number of esters is 7. The van der Waals surface area contributed by atoms with Crippen LogP contribution in [0.3, 0.4) is 0 Å². The third kappa shape index (κ3) is 22.0. The number of aromatic amines is 2. The fraction of sp³-hybridized carbons (Fsp3) is 0.476. The molecule has 16 atom stereocenters. The van der Waals surface area contributed by atoms with Gasteiger partial charge in [-0.3, -0.25) is 43.2 Å². The third-order valence-corrected chi connectivity index (χ3v) is 26.8. The Morgan fingerprint density at radius 3 is 1.23 bits per heavy atom. The minimum absolute atomic E-state index is 0.0127. The van der Waals surface area contributed by atoms with E-state index in [2.05, 4.69) is 25.9 Å². The summed E-state index contributed by atoms with van der Waals surface area (Å²) in [6, 6.07) is 34.6. The summed E-state index contributed by atoms with van der Waals surface area (Å²) < 4.78 is 125. The summed E-state index contributed by atoms with van der Waals surface area (Å²) in [5.74, 6) is -8.84. The van der Waals surface area contributed by atoms with Crippen LogP contribution < -0.4 is 16.0 Å². The Kier molecular flexibility index (Phi) is 30.9. The number of hydrogen-bond acceptors (Lipinski definition) is 22. The fourth-order valence-electron chi connectivity index (χ4n) is 20.7. The molecule has 5 N–H and O–H groups in total. The van der Waals surface area contributed by atoms with Crippen LogP contribution >= 0.6 is 0 Å². The fourth-order valence-corrected chi connectivity index (χ4v) is 20.7. The van der Waals surface area contributed by atoms with E-state index in [-0.39, 0.29) is 79.5 Å². The van der Waals surface area contributed by atoms with Crippen molar-refractivity contribution in [1.82, 2.24) is 44.9 Å². The van der Waals surface area contributed by atoms with Crippen molar-refractivity contribution in [3.8, 4) is 22.8 Å². The van der Waals surface area contributed by atoms with Gasteiger partial charge in [-0.15, -0.1) is 0 Å². The lowest BCUT2D eigenvalue weighted by Gasteiger charge is -2.44. The molecule has 0 unspecified atom stereocenters. The maximum Gasteiger partial charge on any atom is 0.408 e. The van der Waals surface area contributed by atoms with E-state index in [1.165, 1.54) is 76.2 Å². The van der Waals surface area contributed by atoms with Crippen LogP contribution in [0.25, 0.3) is 66.4 Å². The number of rotatable bonds is 29. The summed E-state index contributed by atoms with van der Waals surface area (Å²) in [4.78, 5) is 144. The zero-order chi connectivity index (χ0) is 96.8. The number of alkyl carbamates (subject to hydrolysis) is 1. The average Bonchev–Trinajstić information content (AvgIpc) is 1.56. The van der Waals surface area contributed by atoms with Crippen LogP contribution in [0.4, 0.5) is 22.4 Å². The first-order valence-electron chi connectivity index (χ1n) is 47.0. The van der Waals surface area contributed by atoms with Crippen molar-refractivity contribution >= 4 is 103 Å². The molecule has 6 saturated heterocycles. The van der Waals surface area contributed by atoms with Crippen LogP contribution in [0, 0.1) is 41.0 Å². The zero-order valence-electron chi connectivity index (χ0n) is 78.5. The first-order valence-corrected chi connectivity index (χ1v) is 47.0. The Hall–Kier alpha value is -12.5. The Labute approximate surface area is 785 Å². The highest BCUT2D eigenvalue weighted by Gasteiger charge is 2.55. The number of benzene rings is 6. The number of nitrogens with one attached hydrogen (secondary N) is 5. The molecule has 33 heteroatoms. The van der Waals surface area contributed by atoms with Crippen LogP contribution in [-0.4, -0.2) is 194 Å². The van der Waals surface area contributed by atoms with Crippen molar-refractivity contribution in [2.45, 2.75) is 271 Å². The van der Waals surface area contributed by atoms with E-state index in [1.807, 2.05) is 97.8 Å². The van der Waals surface area contributed by atoms with E-state index >= 15 is 18.0 Å². The number of ether oxygens (including phenoxy) is 10. The minimum atomic E-state index is -1.56. The number of nitrogens with zero attached hydrogens (tertiary/aromatic N) is 4. The lowest BCUT2D eigenvalue weighted by molar-refractivity contribution is -0.258. The summed E-state index contributed by atoms with van der Waals surface area (Å²) in [5, 5.41) is 12.7. The van der Waals surface area contributed by atoms with Crippen LogP contribution in [0.5, 0.6) is 0 Å². The van der Waals surface area contributed by atoms with Crippen molar-refractivity contribution in [3.63, 3.8) is 0 Å². The highest BCUT2D eigenvalue weighted by Crippen LogP contribution is 2.50. The van der Waals surface area contributed by atoms with Crippen LogP contribution in [0.2, 0.25) is 0 Å². The van der Waals surface area contributed by atoms with Gasteiger partial charge in [0.05, 0.1) is 58.4 Å². The van der Waals surface area contributed by atoms with Crippen molar-refractivity contribution < 1.29 is 113 Å². The molecule has 4 aromatic heterocycles. The van der Waals surface area contributed by atoms with Gasteiger partial charge in [0.15, 0.2) is 49.1 Å². The molecule has 0 radical (unpaired) electrons. The quantitative estimate of drug-likeness (QED) is 0.0165. The van der Waals surface area contributed by atoms with Gasteiger partial charge < -0.3 is 92.2 Å². The standard InChI is InChI=1S/C65H75F2N5O13.C38H44F2N4O7/c1-36(2)50(33-55(76)80-34-42-17-11-9-12-18-42)62(77)70-27-15-21-46(70)31-51-48-25-23-44(66)29-53(48)68-57(51)58-52(32-47-22-16-28-71(47)63(78)56(37(3)4)69-65(79)81-35-43-19-13-10-14-20-43)49-26-24-45(67)30-54(49)72(58)64-61(85-41(8)75)60(84-40(7)74)59(38(5)82-64)83-39(6)73;1-19-35(49-20(2)45)36(50-21(3)46)37(51-22(4)47)38(48-19)44-32-16-24(40)10-12-28(32)30(18-26-8-6-14-42-26)34(44)33-29(17-25-7-5-13-41-25)27-11-9-23(39)15-31(27)43-33/h9-14,17-20,23-26,29-30,36-38,46-47,50,56,59-61,64,68H,15-16,21-22,27-28,31-35H2,1-8H3,(H,69,79);9-12,15-16,19,25-26,35-38,41-43H,5-8,13-14,17-18H2,1-4H3/t38-,46-,47-,50-,56-,59+,60+,61-,64-;19-,25-,26-,35+,36+,37-,38-/m00/s1. The van der Waals surface area contributed by atoms with Crippen molar-refractivity contribution in [2.24, 2.45) is 17.8 Å². The van der Waals surface area contributed by atoms with E-state index < -0.39 is 151 Å². The van der Waals surface area contributed by atoms with E-state index in [9.17, 15) is 47.5 Å². The van der Waals surface area contributed by atoms with E-state index in [0.717, 1.165) is 85.6 Å². The first kappa shape index (κ1) is 98.1. The molecular formula is C103H119F4N9O20. The molecular weight excluding hydrogens is 1760 g/mol. The molecule has 0 aliphatic carbocycles. The SMILES string of the molecule is CC(=O)O[C@@H]1[C@H](OC(C)=O)[C@H](C)O[C@H](n2c(-c3[nH]c4cc(F)ccc4c3C[C@@H]3CCCN3)c(C[C@@H]3CCCN3)c3ccc(F)cc32)[C@H]1OC(C)=O.CC(=O)O[C@@H]1[C@H](OC(C)=O)[C@H](C)O[C@H](n2c(-c3[nH]c4cc(F)ccc4c3C[C@@H]3CCCN3C(=O)[C@@H](CC(=O)OCc3ccccc3)C(C)C)c(C[C@@H]3CCCN3C(=O)[C@@H](NC(=O)OCc3ccccc3)C(C)C)c3ccc(F)cc32)[C@H]1OC(C)=O. The number of carbonyl (C=O) groups excluding carboxylic acids is 10. The number of amides is 3. The minimum Gasteiger partial charge on any atom is -0.461 e. The van der Waals surface area contributed by atoms with Gasteiger partial charge in [-0.1, -0.05) is 88.4 Å².